The quantitative estimate of drug-likeness (QED) is 0.754. The molecule has 0 radical (unpaired) electrons. The average Bonchev–Trinajstić information content (AvgIpc) is 3.08. The van der Waals surface area contributed by atoms with E-state index in [1.54, 1.807) is 24.3 Å². The molecule has 1 N–H and O–H groups in total. The van der Waals surface area contributed by atoms with Gasteiger partial charge in [0.05, 0.1) is 0 Å². The lowest BCUT2D eigenvalue weighted by Gasteiger charge is -2.15. The predicted octanol–water partition coefficient (Wildman–Crippen LogP) is 3.38. The molecule has 7 heteroatoms. The van der Waals surface area contributed by atoms with Gasteiger partial charge in [0.25, 0.3) is 5.91 Å². The Labute approximate surface area is 162 Å². The number of halogens is 2. The smallest absolute Gasteiger partial charge is 0.387 e. The average molecular weight is 388 g/mol. The molecule has 1 aliphatic heterocycles. The van der Waals surface area contributed by atoms with E-state index in [9.17, 15) is 18.4 Å². The highest BCUT2D eigenvalue weighted by atomic mass is 19.3. The van der Waals surface area contributed by atoms with Crippen LogP contribution in [0.25, 0.3) is 0 Å². The van der Waals surface area contributed by atoms with Crippen LogP contribution >= 0.6 is 0 Å². The first kappa shape index (κ1) is 19.8. The Morgan fingerprint density at radius 2 is 1.75 bits per heavy atom. The lowest BCUT2D eigenvalue weighted by molar-refractivity contribution is -0.128. The van der Waals surface area contributed by atoms with E-state index in [4.69, 9.17) is 0 Å². The van der Waals surface area contributed by atoms with Crippen molar-refractivity contribution in [2.75, 3.05) is 13.1 Å². The Kier molecular flexibility index (Phi) is 6.57. The van der Waals surface area contributed by atoms with Crippen molar-refractivity contribution in [1.82, 2.24) is 10.2 Å². The van der Waals surface area contributed by atoms with Crippen molar-refractivity contribution >= 4 is 11.8 Å². The van der Waals surface area contributed by atoms with Gasteiger partial charge in [-0.2, -0.15) is 8.78 Å². The van der Waals surface area contributed by atoms with Crippen molar-refractivity contribution in [3.05, 3.63) is 65.2 Å². The zero-order chi connectivity index (χ0) is 19.9. The van der Waals surface area contributed by atoms with Gasteiger partial charge >= 0.3 is 6.61 Å². The number of hydrogen-bond donors (Lipinski definition) is 1. The maximum absolute atomic E-state index is 12.2. The van der Waals surface area contributed by atoms with Gasteiger partial charge in [-0.05, 0) is 48.2 Å². The van der Waals surface area contributed by atoms with Gasteiger partial charge in [0, 0.05) is 31.6 Å². The zero-order valence-corrected chi connectivity index (χ0v) is 15.4. The summed E-state index contributed by atoms with van der Waals surface area (Å²) in [6.07, 6.45) is 2.10. The number of carbonyl (C=O) groups excluding carboxylic acids is 2. The minimum atomic E-state index is -2.84. The van der Waals surface area contributed by atoms with E-state index in [-0.39, 0.29) is 17.6 Å². The van der Waals surface area contributed by atoms with E-state index in [2.05, 4.69) is 10.1 Å². The zero-order valence-electron chi connectivity index (χ0n) is 15.4. The number of nitrogens with one attached hydrogen (secondary N) is 1. The molecule has 2 aromatic carbocycles. The van der Waals surface area contributed by atoms with Crippen LogP contribution in [0.1, 0.15) is 34.3 Å². The van der Waals surface area contributed by atoms with Crippen LogP contribution in [-0.2, 0) is 17.8 Å². The topological polar surface area (TPSA) is 58.6 Å². The third-order valence-electron chi connectivity index (χ3n) is 4.61. The maximum Gasteiger partial charge on any atom is 0.387 e. The summed E-state index contributed by atoms with van der Waals surface area (Å²) in [5.41, 5.74) is 2.46. The normalized spacial score (nSPS) is 13.8. The third kappa shape index (κ3) is 5.52. The van der Waals surface area contributed by atoms with Gasteiger partial charge in [0.1, 0.15) is 5.75 Å². The van der Waals surface area contributed by atoms with Crippen LogP contribution in [0, 0.1) is 0 Å². The van der Waals surface area contributed by atoms with E-state index in [0.717, 1.165) is 24.1 Å². The minimum absolute atomic E-state index is 0.110. The van der Waals surface area contributed by atoms with E-state index in [0.29, 0.717) is 31.5 Å². The van der Waals surface area contributed by atoms with Crippen molar-refractivity contribution in [1.29, 1.82) is 0 Å². The molecule has 148 valence electrons. The SMILES string of the molecule is O=C(NCCc1ccc(OC(F)F)cc1)c1ccc(CN2CCCC2=O)cc1. The summed E-state index contributed by atoms with van der Waals surface area (Å²) in [5, 5.41) is 2.84. The molecule has 1 fully saturated rings. The molecular weight excluding hydrogens is 366 g/mol. The second-order valence-electron chi connectivity index (χ2n) is 6.64. The van der Waals surface area contributed by atoms with E-state index in [1.165, 1.54) is 12.1 Å². The molecule has 0 aliphatic carbocycles. The second-order valence-corrected chi connectivity index (χ2v) is 6.64. The number of alkyl halides is 2. The number of rotatable bonds is 8. The van der Waals surface area contributed by atoms with Crippen LogP contribution in [0.3, 0.4) is 0 Å². The van der Waals surface area contributed by atoms with Gasteiger partial charge in [-0.1, -0.05) is 24.3 Å². The van der Waals surface area contributed by atoms with Gasteiger partial charge in [-0.25, -0.2) is 0 Å². The molecule has 5 nitrogen and oxygen atoms in total. The molecule has 1 heterocycles. The molecule has 0 unspecified atom stereocenters. The molecule has 0 bridgehead atoms. The number of amides is 2. The van der Waals surface area contributed by atoms with Crippen molar-refractivity contribution in [3.8, 4) is 5.75 Å². The van der Waals surface area contributed by atoms with E-state index < -0.39 is 6.61 Å². The first-order valence-corrected chi connectivity index (χ1v) is 9.20. The van der Waals surface area contributed by atoms with Crippen LogP contribution in [0.5, 0.6) is 5.75 Å². The Morgan fingerprint density at radius 1 is 1.07 bits per heavy atom. The summed E-state index contributed by atoms with van der Waals surface area (Å²) in [5.74, 6) is 0.107. The van der Waals surface area contributed by atoms with E-state index in [1.807, 2.05) is 17.0 Å². The van der Waals surface area contributed by atoms with Crippen LogP contribution < -0.4 is 10.1 Å². The maximum atomic E-state index is 12.2. The van der Waals surface area contributed by atoms with Crippen LogP contribution in [0.15, 0.2) is 48.5 Å². The Morgan fingerprint density at radius 3 is 2.36 bits per heavy atom. The van der Waals surface area contributed by atoms with Crippen LogP contribution in [0.4, 0.5) is 8.78 Å². The molecule has 2 amide bonds. The van der Waals surface area contributed by atoms with Crippen molar-refractivity contribution < 1.29 is 23.1 Å². The van der Waals surface area contributed by atoms with Gasteiger partial charge in [0.15, 0.2) is 0 Å². The van der Waals surface area contributed by atoms with Crippen LogP contribution in [0.2, 0.25) is 0 Å². The lowest BCUT2D eigenvalue weighted by atomic mass is 10.1. The van der Waals surface area contributed by atoms with E-state index >= 15 is 0 Å². The second kappa shape index (κ2) is 9.30. The largest absolute Gasteiger partial charge is 0.435 e. The predicted molar refractivity (Wildman–Crippen MR) is 100 cm³/mol. The van der Waals surface area contributed by atoms with Gasteiger partial charge in [-0.15, -0.1) is 0 Å². The van der Waals surface area contributed by atoms with Gasteiger partial charge in [-0.3, -0.25) is 9.59 Å². The first-order chi connectivity index (χ1) is 13.5. The third-order valence-corrected chi connectivity index (χ3v) is 4.61. The summed E-state index contributed by atoms with van der Waals surface area (Å²) < 4.78 is 28.6. The lowest BCUT2D eigenvalue weighted by Crippen LogP contribution is -2.26. The molecule has 1 aliphatic rings. The number of ether oxygens (including phenoxy) is 1. The molecule has 3 rings (SSSR count). The number of nitrogens with zero attached hydrogens (tertiary/aromatic N) is 1. The summed E-state index contributed by atoms with van der Waals surface area (Å²) in [6.45, 7) is -1.05. The fourth-order valence-corrected chi connectivity index (χ4v) is 3.11. The molecule has 0 atom stereocenters. The highest BCUT2D eigenvalue weighted by Crippen LogP contribution is 2.16. The number of likely N-dealkylation sites (tertiary alicyclic amines) is 1. The molecule has 28 heavy (non-hydrogen) atoms. The molecule has 0 aromatic heterocycles. The molecule has 2 aromatic rings. The first-order valence-electron chi connectivity index (χ1n) is 9.20. The summed E-state index contributed by atoms with van der Waals surface area (Å²) in [6, 6.07) is 13.6. The highest BCUT2D eigenvalue weighted by Gasteiger charge is 2.19. The Bertz CT molecular complexity index is 807. The standard InChI is InChI=1S/C21H22F2N2O3/c22-21(23)28-18-9-5-15(6-10-18)11-12-24-20(27)17-7-3-16(4-8-17)14-25-13-1-2-19(25)26/h3-10,21H,1-2,11-14H2,(H,24,27). The van der Waals surface area contributed by atoms with Gasteiger partial charge in [0.2, 0.25) is 5.91 Å². The number of hydrogen-bond acceptors (Lipinski definition) is 3. The van der Waals surface area contributed by atoms with Gasteiger partial charge < -0.3 is 15.0 Å². The molecule has 0 saturated carbocycles. The molecular formula is C21H22F2N2O3. The minimum Gasteiger partial charge on any atom is -0.435 e. The number of benzene rings is 2. The fraction of sp³-hybridized carbons (Fsp3) is 0.333. The van der Waals surface area contributed by atoms with Crippen LogP contribution in [-0.4, -0.2) is 36.4 Å². The molecule has 0 spiro atoms. The van der Waals surface area contributed by atoms with Crippen molar-refractivity contribution in [2.24, 2.45) is 0 Å². The highest BCUT2D eigenvalue weighted by molar-refractivity contribution is 5.94. The summed E-state index contributed by atoms with van der Waals surface area (Å²) in [7, 11) is 0. The Balaban J connectivity index is 1.45. The number of carbonyl (C=O) groups is 2. The van der Waals surface area contributed by atoms with Crippen molar-refractivity contribution in [3.63, 3.8) is 0 Å². The monoisotopic (exact) mass is 388 g/mol. The van der Waals surface area contributed by atoms with Crippen molar-refractivity contribution in [2.45, 2.75) is 32.4 Å². The summed E-state index contributed by atoms with van der Waals surface area (Å²) in [4.78, 5) is 25.7. The Hall–Kier alpha value is -2.96. The molecule has 1 saturated heterocycles. The summed E-state index contributed by atoms with van der Waals surface area (Å²) >= 11 is 0. The fourth-order valence-electron chi connectivity index (χ4n) is 3.11.